The van der Waals surface area contributed by atoms with Crippen molar-refractivity contribution in [3.05, 3.63) is 0 Å². The lowest BCUT2D eigenvalue weighted by atomic mass is 11.5. The molecule has 8 heavy (non-hydrogen) atoms. The van der Waals surface area contributed by atoms with Crippen LogP contribution in [0.2, 0.25) is 0 Å². The maximum Gasteiger partial charge on any atom is 0.418 e. The van der Waals surface area contributed by atoms with Gasteiger partial charge in [0.2, 0.25) is 0 Å². The highest BCUT2D eigenvalue weighted by Crippen LogP contribution is 1.79. The molecular weight excluding hydrogens is 132 g/mol. The standard InChI is InChI=1S/C3H5O4S/c1-8(5,6)3-7-2-4/h3H2,1H3. The number of hydrogen-bond donors (Lipinski definition) is 0. The fraction of sp³-hybridized carbons (Fsp3) is 0.667. The summed E-state index contributed by atoms with van der Waals surface area (Å²) in [6, 6.07) is 0. The highest BCUT2D eigenvalue weighted by Gasteiger charge is 1.99. The maximum atomic E-state index is 10.1. The summed E-state index contributed by atoms with van der Waals surface area (Å²) in [4.78, 5) is 9.24. The fourth-order valence-electron chi connectivity index (χ4n) is 0.131. The summed E-state index contributed by atoms with van der Waals surface area (Å²) in [6.45, 7) is 0.995. The molecule has 0 heterocycles. The Kier molecular flexibility index (Phi) is 2.47. The molecule has 0 aliphatic rings. The Morgan fingerprint density at radius 3 is 2.25 bits per heavy atom. The number of rotatable bonds is 3. The molecule has 4 nitrogen and oxygen atoms in total. The molecule has 0 fully saturated rings. The van der Waals surface area contributed by atoms with Crippen LogP contribution in [0.5, 0.6) is 0 Å². The first-order valence-electron chi connectivity index (χ1n) is 1.73. The predicted octanol–water partition coefficient (Wildman–Crippen LogP) is -0.928. The molecule has 0 aromatic heterocycles. The van der Waals surface area contributed by atoms with Gasteiger partial charge >= 0.3 is 6.47 Å². The first kappa shape index (κ1) is 7.42. The van der Waals surface area contributed by atoms with Gasteiger partial charge in [-0.2, -0.15) is 0 Å². The van der Waals surface area contributed by atoms with Crippen molar-refractivity contribution in [2.45, 2.75) is 0 Å². The van der Waals surface area contributed by atoms with Gasteiger partial charge in [0.15, 0.2) is 15.8 Å². The zero-order valence-electron chi connectivity index (χ0n) is 4.25. The van der Waals surface area contributed by atoms with Crippen molar-refractivity contribution in [3.63, 3.8) is 0 Å². The molecular formula is C3H5O4S. The topological polar surface area (TPSA) is 60.4 Å². The second kappa shape index (κ2) is 2.66. The van der Waals surface area contributed by atoms with Gasteiger partial charge in [0.1, 0.15) is 0 Å². The van der Waals surface area contributed by atoms with Gasteiger partial charge < -0.3 is 4.74 Å². The van der Waals surface area contributed by atoms with Crippen molar-refractivity contribution in [3.8, 4) is 0 Å². The van der Waals surface area contributed by atoms with Crippen LogP contribution in [0.25, 0.3) is 0 Å². The summed E-state index contributed by atoms with van der Waals surface area (Å²) in [5.74, 6) is -0.587. The van der Waals surface area contributed by atoms with Crippen LogP contribution in [0.15, 0.2) is 0 Å². The molecule has 0 aromatic carbocycles. The molecule has 0 atom stereocenters. The van der Waals surface area contributed by atoms with Gasteiger partial charge in [0, 0.05) is 6.26 Å². The van der Waals surface area contributed by atoms with E-state index < -0.39 is 15.8 Å². The Morgan fingerprint density at radius 1 is 1.62 bits per heavy atom. The molecule has 1 radical (unpaired) electrons. The SMILES string of the molecule is CS(=O)(=O)CO[C]=O. The van der Waals surface area contributed by atoms with Crippen LogP contribution < -0.4 is 0 Å². The minimum atomic E-state index is -3.17. The van der Waals surface area contributed by atoms with E-state index in [0.717, 1.165) is 12.7 Å². The molecule has 0 aliphatic carbocycles. The molecule has 0 aliphatic heterocycles. The van der Waals surface area contributed by atoms with Gasteiger partial charge in [0.25, 0.3) is 0 Å². The van der Waals surface area contributed by atoms with Crippen molar-refractivity contribution in [2.75, 3.05) is 12.2 Å². The molecule has 0 spiro atoms. The largest absolute Gasteiger partial charge is 0.441 e. The van der Waals surface area contributed by atoms with Gasteiger partial charge in [-0.3, -0.25) is 0 Å². The normalized spacial score (nSPS) is 10.6. The third kappa shape index (κ3) is 5.42. The van der Waals surface area contributed by atoms with Crippen molar-refractivity contribution in [2.24, 2.45) is 0 Å². The summed E-state index contributed by atoms with van der Waals surface area (Å²) in [5, 5.41) is 0. The number of ether oxygens (including phenoxy) is 1. The van der Waals surface area contributed by atoms with E-state index in [1.807, 2.05) is 0 Å². The van der Waals surface area contributed by atoms with E-state index in [4.69, 9.17) is 0 Å². The Morgan fingerprint density at radius 2 is 2.12 bits per heavy atom. The lowest BCUT2D eigenvalue weighted by Gasteiger charge is -1.89. The number of sulfone groups is 1. The van der Waals surface area contributed by atoms with E-state index in [9.17, 15) is 13.2 Å². The third-order valence-electron chi connectivity index (χ3n) is 0.332. The molecule has 0 amide bonds. The monoisotopic (exact) mass is 137 g/mol. The van der Waals surface area contributed by atoms with Crippen molar-refractivity contribution >= 4 is 16.3 Å². The number of hydrogen-bond acceptors (Lipinski definition) is 4. The second-order valence-corrected chi connectivity index (χ2v) is 3.36. The van der Waals surface area contributed by atoms with Crippen LogP contribution in [0, 0.1) is 0 Å². The molecule has 0 rings (SSSR count). The average Bonchev–Trinajstić information content (AvgIpc) is 1.59. The molecule has 0 saturated heterocycles. The Labute approximate surface area is 47.4 Å². The quantitative estimate of drug-likeness (QED) is 0.504. The zero-order valence-corrected chi connectivity index (χ0v) is 5.06. The molecule has 0 saturated carbocycles. The van der Waals surface area contributed by atoms with Crippen molar-refractivity contribution in [1.29, 1.82) is 0 Å². The fourth-order valence-corrected chi connectivity index (χ4v) is 0.393. The predicted molar refractivity (Wildman–Crippen MR) is 26.5 cm³/mol. The molecule has 5 heteroatoms. The second-order valence-electron chi connectivity index (χ2n) is 1.27. The minimum absolute atomic E-state index is 0.587. The van der Waals surface area contributed by atoms with Crippen LogP contribution in [-0.4, -0.2) is 27.1 Å². The third-order valence-corrected chi connectivity index (χ3v) is 0.878. The van der Waals surface area contributed by atoms with Crippen LogP contribution in [-0.2, 0) is 19.4 Å². The van der Waals surface area contributed by atoms with Gasteiger partial charge in [-0.15, -0.1) is 0 Å². The first-order valence-corrected chi connectivity index (χ1v) is 3.79. The van der Waals surface area contributed by atoms with Crippen molar-refractivity contribution in [1.82, 2.24) is 0 Å². The van der Waals surface area contributed by atoms with E-state index in [1.165, 1.54) is 0 Å². The van der Waals surface area contributed by atoms with Crippen LogP contribution in [0.4, 0.5) is 0 Å². The van der Waals surface area contributed by atoms with E-state index in [-0.39, 0.29) is 0 Å². The molecule has 0 unspecified atom stereocenters. The summed E-state index contributed by atoms with van der Waals surface area (Å²) >= 11 is 0. The lowest BCUT2D eigenvalue weighted by Crippen LogP contribution is -2.05. The molecule has 0 aromatic rings. The van der Waals surface area contributed by atoms with Crippen LogP contribution in [0.1, 0.15) is 0 Å². The van der Waals surface area contributed by atoms with Crippen LogP contribution >= 0.6 is 0 Å². The smallest absolute Gasteiger partial charge is 0.418 e. The Balaban J connectivity index is 3.57. The van der Waals surface area contributed by atoms with Crippen LogP contribution in [0.3, 0.4) is 0 Å². The average molecular weight is 137 g/mol. The zero-order chi connectivity index (χ0) is 6.62. The van der Waals surface area contributed by atoms with E-state index in [2.05, 4.69) is 4.74 Å². The lowest BCUT2D eigenvalue weighted by molar-refractivity contribution is 0.327. The first-order chi connectivity index (χ1) is 3.56. The highest BCUT2D eigenvalue weighted by atomic mass is 32.2. The van der Waals surface area contributed by atoms with Gasteiger partial charge in [-0.25, -0.2) is 13.2 Å². The Hall–Kier alpha value is -0.580. The summed E-state index contributed by atoms with van der Waals surface area (Å²) in [7, 11) is -3.17. The number of carbonyl (C=O) groups excluding carboxylic acids is 1. The van der Waals surface area contributed by atoms with Gasteiger partial charge in [-0.1, -0.05) is 0 Å². The summed E-state index contributed by atoms with van der Waals surface area (Å²) in [5.41, 5.74) is 0. The van der Waals surface area contributed by atoms with Gasteiger partial charge in [-0.05, 0) is 0 Å². The minimum Gasteiger partial charge on any atom is -0.441 e. The molecule has 0 bridgehead atoms. The highest BCUT2D eigenvalue weighted by molar-refractivity contribution is 7.90. The van der Waals surface area contributed by atoms with E-state index in [1.54, 1.807) is 0 Å². The molecule has 47 valence electrons. The summed E-state index contributed by atoms with van der Waals surface area (Å²) < 4.78 is 24.0. The maximum absolute atomic E-state index is 10.1. The Bertz CT molecular complexity index is 156. The van der Waals surface area contributed by atoms with Crippen molar-refractivity contribution < 1.29 is 17.9 Å². The van der Waals surface area contributed by atoms with E-state index in [0.29, 0.717) is 0 Å². The van der Waals surface area contributed by atoms with Gasteiger partial charge in [0.05, 0.1) is 0 Å². The molecule has 0 N–H and O–H groups in total. The van der Waals surface area contributed by atoms with E-state index >= 15 is 0 Å². The summed E-state index contributed by atoms with van der Waals surface area (Å²) in [6.07, 6.45) is 0.963.